The van der Waals surface area contributed by atoms with Gasteiger partial charge >= 0.3 is 23.0 Å². The van der Waals surface area contributed by atoms with Crippen LogP contribution in [0.4, 0.5) is 0 Å². The van der Waals surface area contributed by atoms with Gasteiger partial charge in [0.25, 0.3) is 0 Å². The monoisotopic (exact) mass is 672 g/mol. The average Bonchev–Trinajstić information content (AvgIpc) is 3.65. The van der Waals surface area contributed by atoms with E-state index in [4.69, 9.17) is 0 Å². The van der Waals surface area contributed by atoms with Crippen molar-refractivity contribution in [3.05, 3.63) is 76.8 Å². The molecule has 0 aliphatic heterocycles. The van der Waals surface area contributed by atoms with Gasteiger partial charge in [0.1, 0.15) is 0 Å². The predicted octanol–water partition coefficient (Wildman–Crippen LogP) is 10.1. The minimum atomic E-state index is -0.157. The maximum atomic E-state index is 9.96. The Morgan fingerprint density at radius 1 is 0.767 bits per heavy atom. The van der Waals surface area contributed by atoms with Crippen molar-refractivity contribution in [3.8, 4) is 0 Å². The summed E-state index contributed by atoms with van der Waals surface area (Å²) in [6, 6.07) is 12.8. The molecule has 246 valence electrons. The smallest absolute Gasteiger partial charge is 0.469 e. The van der Waals surface area contributed by atoms with Gasteiger partial charge in [-0.1, -0.05) is 86.3 Å². The molecule has 2 saturated carbocycles. The van der Waals surface area contributed by atoms with Crippen molar-refractivity contribution >= 4 is 32.7 Å². The number of carbonyl (C=O) groups is 1. The maximum Gasteiger partial charge on any atom is 2.00 e. The van der Waals surface area contributed by atoms with Gasteiger partial charge in [-0.3, -0.25) is 14.8 Å². The Balaban J connectivity index is -0.000000568. The number of methoxy groups -OCH3 is 1. The fraction of sp³-hybridized carbons (Fsp3) is 0.583. The van der Waals surface area contributed by atoms with E-state index in [0.717, 1.165) is 11.3 Å². The molecule has 0 radical (unpaired) electrons. The van der Waals surface area contributed by atoms with E-state index in [1.165, 1.54) is 69.3 Å². The largest absolute Gasteiger partial charge is 2.00 e. The molecule has 0 saturated heterocycles. The van der Waals surface area contributed by atoms with Gasteiger partial charge in [0.2, 0.25) is 0 Å². The van der Waals surface area contributed by atoms with E-state index in [1.54, 1.807) is 6.92 Å². The van der Waals surface area contributed by atoms with Crippen LogP contribution in [-0.4, -0.2) is 44.7 Å². The number of aromatic nitrogens is 2. The molecule has 2 unspecified atom stereocenters. The minimum Gasteiger partial charge on any atom is -0.469 e. The summed E-state index contributed by atoms with van der Waals surface area (Å²) in [6.07, 6.45) is 15.7. The van der Waals surface area contributed by atoms with E-state index in [9.17, 15) is 4.79 Å². The molecule has 2 aliphatic rings. The van der Waals surface area contributed by atoms with Crippen molar-refractivity contribution in [1.82, 2.24) is 9.97 Å². The van der Waals surface area contributed by atoms with Crippen molar-refractivity contribution in [1.29, 1.82) is 0 Å². The Kier molecular flexibility index (Phi) is 26.0. The molecule has 2 atom stereocenters. The summed E-state index contributed by atoms with van der Waals surface area (Å²) in [5, 5.41) is 0.775. The number of nitrogens with zero attached hydrogens (tertiary/aromatic N) is 2. The number of hydrogen-bond donors (Lipinski definition) is 0. The van der Waals surface area contributed by atoms with E-state index in [1.807, 2.05) is 24.5 Å². The van der Waals surface area contributed by atoms with Gasteiger partial charge in [0.05, 0.1) is 18.0 Å². The molecule has 4 rings (SSSR count). The van der Waals surface area contributed by atoms with Crippen LogP contribution in [0.1, 0.15) is 106 Å². The third-order valence-corrected chi connectivity index (χ3v) is 14.0. The number of rotatable bonds is 5. The summed E-state index contributed by atoms with van der Waals surface area (Å²) < 4.78 is 4.26. The van der Waals surface area contributed by atoms with Crippen LogP contribution in [0.3, 0.4) is 0 Å². The zero-order valence-electron chi connectivity index (χ0n) is 29.0. The normalized spacial score (nSPS) is 16.0. The second-order valence-electron chi connectivity index (χ2n) is 12.3. The first-order chi connectivity index (χ1) is 19.0. The SMILES string of the molecule is C=C.CC(C)(C)P(c1ccccn1)C1CCCC1.CC(C)(C)P(c1ccccn1)C1CCCC1.CCC(=O)OC.[CH3-].[CH3-].[Fe+2]. The third-order valence-electron chi connectivity index (χ3n) is 7.13. The van der Waals surface area contributed by atoms with Gasteiger partial charge in [0, 0.05) is 18.8 Å². The zero-order valence-corrected chi connectivity index (χ0v) is 31.9. The summed E-state index contributed by atoms with van der Waals surface area (Å²) in [5.41, 5.74) is 4.53. The van der Waals surface area contributed by atoms with Gasteiger partial charge in [-0.15, -0.1) is 13.2 Å². The molecule has 0 amide bonds. The van der Waals surface area contributed by atoms with Gasteiger partial charge in [-0.25, -0.2) is 0 Å². The van der Waals surface area contributed by atoms with Crippen LogP contribution in [0.15, 0.2) is 61.9 Å². The molecular formula is C36H62FeN2O2P2. The Morgan fingerprint density at radius 3 is 1.28 bits per heavy atom. The molecule has 7 heteroatoms. The van der Waals surface area contributed by atoms with Gasteiger partial charge in [0.15, 0.2) is 0 Å². The third kappa shape index (κ3) is 16.7. The number of carbonyl (C=O) groups excluding carboxylic acids is 1. The number of esters is 1. The average molecular weight is 673 g/mol. The van der Waals surface area contributed by atoms with Crippen molar-refractivity contribution in [3.63, 3.8) is 0 Å². The van der Waals surface area contributed by atoms with Crippen molar-refractivity contribution in [2.75, 3.05) is 7.11 Å². The number of hydrogen-bond acceptors (Lipinski definition) is 4. The Bertz CT molecular complexity index is 862. The molecule has 2 aromatic heterocycles. The second-order valence-corrected chi connectivity index (χ2v) is 18.8. The molecular weight excluding hydrogens is 610 g/mol. The van der Waals surface area contributed by atoms with E-state index < -0.39 is 0 Å². The fourth-order valence-electron chi connectivity index (χ4n) is 5.62. The molecule has 0 bridgehead atoms. The molecule has 2 aromatic rings. The summed E-state index contributed by atoms with van der Waals surface area (Å²) in [7, 11) is 1.16. The summed E-state index contributed by atoms with van der Waals surface area (Å²) >= 11 is 0. The van der Waals surface area contributed by atoms with E-state index in [-0.39, 0.29) is 53.7 Å². The van der Waals surface area contributed by atoms with Crippen LogP contribution in [0.25, 0.3) is 0 Å². The first kappa shape index (κ1) is 46.3. The standard InChI is InChI=1S/2C14H22NP.C4H8O2.C2H4.2CH3.Fe/c2*1-14(2,3)16(12-8-4-5-9-12)13-10-6-7-11-15-13;1-3-4(5)6-2;1-2;;;/h2*6-7,10-12H,4-5,8-9H2,1-3H3;3H2,1-2H3;1-2H2;2*1H3;/q;;;;2*-1;+2. The van der Waals surface area contributed by atoms with E-state index in [0.29, 0.717) is 16.7 Å². The topological polar surface area (TPSA) is 52.1 Å². The first-order valence-electron chi connectivity index (χ1n) is 15.0. The van der Waals surface area contributed by atoms with Crippen molar-refractivity contribution in [2.45, 2.75) is 128 Å². The molecule has 2 aliphatic carbocycles. The second kappa shape index (κ2) is 24.2. The van der Waals surface area contributed by atoms with E-state index >= 15 is 0 Å². The van der Waals surface area contributed by atoms with Gasteiger partial charge in [-0.2, -0.15) is 0 Å². The predicted molar refractivity (Wildman–Crippen MR) is 192 cm³/mol. The molecule has 0 spiro atoms. The summed E-state index contributed by atoms with van der Waals surface area (Å²) in [4.78, 5) is 19.2. The minimum absolute atomic E-state index is 0. The van der Waals surface area contributed by atoms with Crippen LogP contribution in [0, 0.1) is 14.9 Å². The Hall–Kier alpha value is -1.11. The number of pyridine rings is 2. The van der Waals surface area contributed by atoms with Crippen molar-refractivity contribution in [2.24, 2.45) is 0 Å². The summed E-state index contributed by atoms with van der Waals surface area (Å²) in [5.74, 6) is -0.157. The van der Waals surface area contributed by atoms with Crippen LogP contribution in [-0.2, 0) is 26.6 Å². The molecule has 2 fully saturated rings. The van der Waals surface area contributed by atoms with Crippen LogP contribution in [0.2, 0.25) is 0 Å². The van der Waals surface area contributed by atoms with Gasteiger partial charge in [-0.05, 0) is 87.4 Å². The molecule has 4 nitrogen and oxygen atoms in total. The molecule has 0 aromatic carbocycles. The molecule has 0 N–H and O–H groups in total. The van der Waals surface area contributed by atoms with Gasteiger partial charge < -0.3 is 19.6 Å². The van der Waals surface area contributed by atoms with Crippen LogP contribution < -0.4 is 10.9 Å². The Labute approximate surface area is 280 Å². The summed E-state index contributed by atoms with van der Waals surface area (Å²) in [6.45, 7) is 22.0. The first-order valence-corrected chi connectivity index (χ1v) is 17.8. The Morgan fingerprint density at radius 2 is 1.09 bits per heavy atom. The fourth-order valence-corrected chi connectivity index (χ4v) is 12.6. The van der Waals surface area contributed by atoms with Crippen LogP contribution in [0.5, 0.6) is 0 Å². The van der Waals surface area contributed by atoms with Crippen molar-refractivity contribution < 1.29 is 26.6 Å². The maximum absolute atomic E-state index is 9.96. The van der Waals surface area contributed by atoms with Crippen LogP contribution >= 0.6 is 15.8 Å². The zero-order chi connectivity index (χ0) is 30.2. The molecule has 2 heterocycles. The number of ether oxygens (including phenoxy) is 1. The van der Waals surface area contributed by atoms with E-state index in [2.05, 4.69) is 93.7 Å². The quantitative estimate of drug-likeness (QED) is 0.104. The molecule has 43 heavy (non-hydrogen) atoms.